The molecule has 2 atom stereocenters. The Labute approximate surface area is 244 Å². The fourth-order valence-corrected chi connectivity index (χ4v) is 7.36. The van der Waals surface area contributed by atoms with E-state index in [1.165, 1.54) is 23.2 Å². The van der Waals surface area contributed by atoms with Crippen molar-refractivity contribution in [3.63, 3.8) is 0 Å². The molecule has 5 rings (SSSR count). The molecular formula is C24H23F5N6O6S2. The molecule has 0 spiro atoms. The highest BCUT2D eigenvalue weighted by Gasteiger charge is 2.43. The van der Waals surface area contributed by atoms with Gasteiger partial charge in [-0.3, -0.25) is 4.79 Å². The first-order valence-electron chi connectivity index (χ1n) is 12.6. The van der Waals surface area contributed by atoms with Crippen LogP contribution in [0.4, 0.5) is 32.9 Å². The van der Waals surface area contributed by atoms with Gasteiger partial charge in [0.05, 0.1) is 12.7 Å². The molecule has 4 N–H and O–H groups in total. The average Bonchev–Trinajstić information content (AvgIpc) is 3.62. The number of thiazole rings is 1. The molecule has 19 heteroatoms. The summed E-state index contributed by atoms with van der Waals surface area (Å²) in [5.74, 6) is -6.19. The van der Waals surface area contributed by atoms with E-state index in [4.69, 9.17) is 5.73 Å². The van der Waals surface area contributed by atoms with Gasteiger partial charge in [-0.25, -0.2) is 32.0 Å². The standard InChI is InChI=1S/C24H23F5N6O6S2/c25-23(26)3-6-34(11-23)22-32-10-18(42-22)43(39,40)33-15-2-5-35(20(15)36)16(21(37)38)8-13-7-12-1-4-31-19(30)14(12)9-17(13)41-24(27,28)29/h1,4,7,9-10,15-16,33H,2-3,5-6,8,11H2,(H2,30,31)(H,37,38). The second-order valence-electron chi connectivity index (χ2n) is 9.97. The van der Waals surface area contributed by atoms with Gasteiger partial charge in [-0.15, -0.1) is 13.2 Å². The van der Waals surface area contributed by atoms with Crippen molar-refractivity contribution in [3.8, 4) is 5.75 Å². The van der Waals surface area contributed by atoms with E-state index < -0.39 is 71.4 Å². The molecule has 0 aliphatic carbocycles. The number of carbonyl (C=O) groups excluding carboxylic acids is 1. The van der Waals surface area contributed by atoms with E-state index >= 15 is 0 Å². The molecule has 1 amide bonds. The highest BCUT2D eigenvalue weighted by molar-refractivity contribution is 7.91. The number of aliphatic carboxylic acids is 1. The normalized spacial score (nSPS) is 19.7. The third-order valence-corrected chi connectivity index (χ3v) is 9.98. The molecule has 3 aromatic rings. The third kappa shape index (κ3) is 6.57. The molecular weight excluding hydrogens is 627 g/mol. The van der Waals surface area contributed by atoms with Gasteiger partial charge in [0.25, 0.3) is 15.9 Å². The number of likely N-dealkylation sites (tertiary alicyclic amines) is 1. The molecule has 2 fully saturated rings. The molecule has 2 aromatic heterocycles. The van der Waals surface area contributed by atoms with Gasteiger partial charge in [0.2, 0.25) is 5.91 Å². The number of nitrogens with two attached hydrogens (primary N) is 1. The van der Waals surface area contributed by atoms with Crippen LogP contribution in [0, 0.1) is 0 Å². The summed E-state index contributed by atoms with van der Waals surface area (Å²) in [7, 11) is -4.36. The summed E-state index contributed by atoms with van der Waals surface area (Å²) in [6, 6.07) is 0.620. The quantitative estimate of drug-likeness (QED) is 0.293. The summed E-state index contributed by atoms with van der Waals surface area (Å²) in [4.78, 5) is 35.3. The molecule has 0 saturated carbocycles. The van der Waals surface area contributed by atoms with E-state index in [0.29, 0.717) is 16.7 Å². The van der Waals surface area contributed by atoms with Crippen LogP contribution < -0.4 is 20.1 Å². The van der Waals surface area contributed by atoms with E-state index in [1.54, 1.807) is 0 Å². The fourth-order valence-electron chi connectivity index (χ4n) is 4.98. The summed E-state index contributed by atoms with van der Waals surface area (Å²) < 4.78 is 98.7. The van der Waals surface area contributed by atoms with Crippen LogP contribution in [-0.2, 0) is 26.0 Å². The number of alkyl halides is 5. The first-order valence-corrected chi connectivity index (χ1v) is 14.9. The number of benzene rings is 1. The van der Waals surface area contributed by atoms with Crippen LogP contribution in [0.1, 0.15) is 18.4 Å². The number of hydrogen-bond donors (Lipinski definition) is 3. The second-order valence-corrected chi connectivity index (χ2v) is 12.9. The number of carboxylic acids is 1. The number of rotatable bonds is 9. The summed E-state index contributed by atoms with van der Waals surface area (Å²) in [5, 5.41) is 10.5. The molecule has 0 radical (unpaired) electrons. The van der Waals surface area contributed by atoms with Gasteiger partial charge in [-0.1, -0.05) is 11.3 Å². The highest BCUT2D eigenvalue weighted by atomic mass is 32.2. The Morgan fingerprint density at radius 2 is 2.02 bits per heavy atom. The number of aromatic nitrogens is 2. The van der Waals surface area contributed by atoms with Crippen molar-refractivity contribution >= 4 is 55.0 Å². The Morgan fingerprint density at radius 3 is 2.67 bits per heavy atom. The Hall–Kier alpha value is -3.84. The van der Waals surface area contributed by atoms with E-state index in [1.807, 2.05) is 0 Å². The van der Waals surface area contributed by atoms with Crippen LogP contribution >= 0.6 is 11.3 Å². The lowest BCUT2D eigenvalue weighted by molar-refractivity contribution is -0.274. The molecule has 2 aliphatic heterocycles. The zero-order valence-electron chi connectivity index (χ0n) is 21.8. The summed E-state index contributed by atoms with van der Waals surface area (Å²) in [5.41, 5.74) is 5.58. The number of nitrogens with zero attached hydrogens (tertiary/aromatic N) is 4. The fraction of sp³-hybridized carbons (Fsp3) is 0.417. The van der Waals surface area contributed by atoms with Crippen molar-refractivity contribution in [2.75, 3.05) is 30.3 Å². The third-order valence-electron chi connectivity index (χ3n) is 6.99. The van der Waals surface area contributed by atoms with E-state index in [9.17, 15) is 45.1 Å². The summed E-state index contributed by atoms with van der Waals surface area (Å²) in [6.45, 7) is -0.853. The Kier molecular flexibility index (Phi) is 7.84. The summed E-state index contributed by atoms with van der Waals surface area (Å²) >= 11 is 0.637. The zero-order chi connectivity index (χ0) is 31.3. The van der Waals surface area contributed by atoms with E-state index in [-0.39, 0.29) is 45.6 Å². The highest BCUT2D eigenvalue weighted by Crippen LogP contribution is 2.36. The lowest BCUT2D eigenvalue weighted by Gasteiger charge is -2.26. The molecule has 43 heavy (non-hydrogen) atoms. The van der Waals surface area contributed by atoms with Gasteiger partial charge in [-0.2, -0.15) is 4.72 Å². The average molecular weight is 651 g/mol. The second kappa shape index (κ2) is 11.0. The van der Waals surface area contributed by atoms with E-state index in [0.717, 1.165) is 17.2 Å². The largest absolute Gasteiger partial charge is 0.573 e. The van der Waals surface area contributed by atoms with Crippen LogP contribution in [0.2, 0.25) is 0 Å². The molecule has 1 aromatic carbocycles. The minimum Gasteiger partial charge on any atom is -0.480 e. The number of carbonyl (C=O) groups is 2. The van der Waals surface area contributed by atoms with Crippen LogP contribution in [0.25, 0.3) is 10.8 Å². The lowest BCUT2D eigenvalue weighted by atomic mass is 10.00. The van der Waals surface area contributed by atoms with Crippen LogP contribution in [0.5, 0.6) is 5.75 Å². The van der Waals surface area contributed by atoms with Crippen LogP contribution in [0.15, 0.2) is 34.8 Å². The van der Waals surface area contributed by atoms with Crippen molar-refractivity contribution < 1.29 is 49.8 Å². The zero-order valence-corrected chi connectivity index (χ0v) is 23.5. The smallest absolute Gasteiger partial charge is 0.480 e. The maximum Gasteiger partial charge on any atom is 0.573 e. The predicted molar refractivity (Wildman–Crippen MR) is 142 cm³/mol. The van der Waals surface area contributed by atoms with Gasteiger partial charge >= 0.3 is 12.3 Å². The number of nitrogen functional groups attached to an aromatic ring is 1. The summed E-state index contributed by atoms with van der Waals surface area (Å²) in [6.07, 6.45) is -4.00. The Balaban J connectivity index is 1.35. The van der Waals surface area contributed by atoms with Gasteiger partial charge < -0.3 is 25.4 Å². The number of amides is 1. The molecule has 2 aliphatic rings. The van der Waals surface area contributed by atoms with E-state index in [2.05, 4.69) is 19.4 Å². The van der Waals surface area contributed by atoms with Gasteiger partial charge in [0, 0.05) is 37.5 Å². The molecule has 12 nitrogen and oxygen atoms in total. The van der Waals surface area contributed by atoms with Crippen molar-refractivity contribution in [2.24, 2.45) is 0 Å². The number of sulfonamides is 1. The van der Waals surface area contributed by atoms with Crippen LogP contribution in [-0.4, -0.2) is 84.3 Å². The van der Waals surface area contributed by atoms with Crippen molar-refractivity contribution in [1.82, 2.24) is 19.6 Å². The lowest BCUT2D eigenvalue weighted by Crippen LogP contribution is -2.48. The van der Waals surface area contributed by atoms with Crippen LogP contribution in [0.3, 0.4) is 0 Å². The number of ether oxygens (including phenoxy) is 1. The number of hydrogen-bond acceptors (Lipinski definition) is 10. The van der Waals surface area contributed by atoms with Crippen molar-refractivity contribution in [1.29, 1.82) is 0 Å². The van der Waals surface area contributed by atoms with Gasteiger partial charge in [0.15, 0.2) is 9.34 Å². The number of nitrogens with one attached hydrogen (secondary N) is 1. The molecule has 4 heterocycles. The first kappa shape index (κ1) is 30.6. The minimum atomic E-state index is -5.13. The predicted octanol–water partition coefficient (Wildman–Crippen LogP) is 2.59. The topological polar surface area (TPSA) is 168 Å². The van der Waals surface area contributed by atoms with Crippen molar-refractivity contribution in [2.45, 2.75) is 47.8 Å². The molecule has 2 saturated heterocycles. The minimum absolute atomic E-state index is 0.0166. The number of anilines is 2. The number of pyridine rings is 1. The maximum atomic E-state index is 13.6. The maximum absolute atomic E-state index is 13.6. The molecule has 0 bridgehead atoms. The number of carboxylic acid groups (broad SMARTS) is 1. The monoisotopic (exact) mass is 650 g/mol. The first-order chi connectivity index (χ1) is 20.0. The number of halogens is 5. The SMILES string of the molecule is Nc1nccc2cc(CC(C(=O)O)N3CCC(NS(=O)(=O)c4cnc(N5CCC(F)(F)C5)s4)C3=O)c(OC(F)(F)F)cc12. The molecule has 232 valence electrons. The van der Waals surface area contributed by atoms with Crippen molar-refractivity contribution in [3.05, 3.63) is 36.2 Å². The Bertz CT molecular complexity index is 1680. The van der Waals surface area contributed by atoms with Gasteiger partial charge in [0.1, 0.15) is 23.7 Å². The Morgan fingerprint density at radius 1 is 1.28 bits per heavy atom. The van der Waals surface area contributed by atoms with Gasteiger partial charge in [-0.05, 0) is 35.6 Å². The number of fused-ring (bicyclic) bond motifs is 1. The molecule has 2 unspecified atom stereocenters.